The lowest BCUT2D eigenvalue weighted by Gasteiger charge is -2.16. The summed E-state index contributed by atoms with van der Waals surface area (Å²) in [7, 11) is 0. The molecule has 0 aliphatic carbocycles. The lowest BCUT2D eigenvalue weighted by atomic mass is 9.91. The summed E-state index contributed by atoms with van der Waals surface area (Å²) in [6, 6.07) is 18.1. The number of benzene rings is 3. The summed E-state index contributed by atoms with van der Waals surface area (Å²) in [5, 5.41) is 11.4. The van der Waals surface area contributed by atoms with E-state index in [-0.39, 0.29) is 27.7 Å². The van der Waals surface area contributed by atoms with E-state index in [0.717, 1.165) is 12.3 Å². The van der Waals surface area contributed by atoms with Crippen molar-refractivity contribution >= 4 is 28.5 Å². The second-order valence-electron chi connectivity index (χ2n) is 6.95. The molecule has 160 valence electrons. The number of carbonyl (C=O) groups is 2. The number of carboxylic acid groups (broad SMARTS) is 1. The van der Waals surface area contributed by atoms with Crippen molar-refractivity contribution in [3.05, 3.63) is 95.7 Å². The number of hydrogen-bond donors (Lipinski definition) is 2. The van der Waals surface area contributed by atoms with Gasteiger partial charge in [0.15, 0.2) is 5.78 Å². The van der Waals surface area contributed by atoms with Gasteiger partial charge in [-0.2, -0.15) is 13.2 Å². The summed E-state index contributed by atoms with van der Waals surface area (Å²) in [5.74, 6) is -0.413. The van der Waals surface area contributed by atoms with Crippen molar-refractivity contribution in [3.63, 3.8) is 0 Å². The highest BCUT2D eigenvalue weighted by atomic mass is 19.4. The molecule has 32 heavy (non-hydrogen) atoms. The summed E-state index contributed by atoms with van der Waals surface area (Å²) < 4.78 is 40.8. The van der Waals surface area contributed by atoms with Crippen LogP contribution < -0.4 is 5.32 Å². The maximum Gasteiger partial charge on any atom is 0.418 e. The number of anilines is 1. The number of halogens is 3. The van der Waals surface area contributed by atoms with Gasteiger partial charge in [0.25, 0.3) is 0 Å². The van der Waals surface area contributed by atoms with Gasteiger partial charge in [-0.25, -0.2) is 4.79 Å². The van der Waals surface area contributed by atoms with Gasteiger partial charge in [-0.3, -0.25) is 15.1 Å². The predicted octanol–water partition coefficient (Wildman–Crippen LogP) is 6.24. The normalized spacial score (nSPS) is 11.3. The molecule has 0 atom stereocenters. The number of amides is 1. The number of nitrogens with one attached hydrogen (secondary N) is 1. The molecular formula is C24H15F3N2O3. The number of fused-ring (bicyclic) bond motifs is 1. The fraction of sp³-hybridized carbons (Fsp3) is 0.0417. The second-order valence-corrected chi connectivity index (χ2v) is 6.95. The number of para-hydroxylation sites is 1. The van der Waals surface area contributed by atoms with Crippen molar-refractivity contribution in [1.29, 1.82) is 0 Å². The Morgan fingerprint density at radius 3 is 2.31 bits per heavy atom. The van der Waals surface area contributed by atoms with E-state index in [9.17, 15) is 22.8 Å². The molecule has 0 aliphatic heterocycles. The third kappa shape index (κ3) is 4.02. The van der Waals surface area contributed by atoms with Crippen molar-refractivity contribution in [1.82, 2.24) is 4.98 Å². The maximum atomic E-state index is 13.6. The molecular weight excluding hydrogens is 421 g/mol. The smallest absolute Gasteiger partial charge is 0.418 e. The quantitative estimate of drug-likeness (QED) is 0.371. The molecule has 4 rings (SSSR count). The van der Waals surface area contributed by atoms with Gasteiger partial charge in [-0.15, -0.1) is 0 Å². The molecule has 0 bridgehead atoms. The molecule has 0 saturated carbocycles. The summed E-state index contributed by atoms with van der Waals surface area (Å²) in [6.07, 6.45) is -4.79. The third-order valence-corrected chi connectivity index (χ3v) is 4.89. The first-order chi connectivity index (χ1) is 15.3. The number of carbonyl (C=O) groups excluding carboxylic acids is 1. The lowest BCUT2D eigenvalue weighted by molar-refractivity contribution is -0.136. The first kappa shape index (κ1) is 21.0. The summed E-state index contributed by atoms with van der Waals surface area (Å²) >= 11 is 0. The standard InChI is InChI=1S/C24H15F3N2O3/c25-24(26,27)19-11-5-10-17-20(15-8-4-9-16(12-15)29-23(31)32)18(13-28-21(17)19)22(30)14-6-2-1-3-7-14/h1-13,29H,(H,31,32). The molecule has 0 unspecified atom stereocenters. The lowest BCUT2D eigenvalue weighted by Crippen LogP contribution is -2.10. The molecule has 0 aliphatic rings. The zero-order valence-electron chi connectivity index (χ0n) is 16.4. The average molecular weight is 436 g/mol. The Labute approximate surface area is 180 Å². The summed E-state index contributed by atoms with van der Waals surface area (Å²) in [5.41, 5.74) is 0.0690. The van der Waals surface area contributed by atoms with Gasteiger partial charge in [-0.1, -0.05) is 54.6 Å². The van der Waals surface area contributed by atoms with Crippen LogP contribution in [0.3, 0.4) is 0 Å². The van der Waals surface area contributed by atoms with Crippen LogP contribution in [-0.2, 0) is 6.18 Å². The Hall–Kier alpha value is -4.20. The van der Waals surface area contributed by atoms with Gasteiger partial charge >= 0.3 is 12.3 Å². The maximum absolute atomic E-state index is 13.6. The predicted molar refractivity (Wildman–Crippen MR) is 114 cm³/mol. The highest BCUT2D eigenvalue weighted by molar-refractivity contribution is 6.17. The van der Waals surface area contributed by atoms with Crippen molar-refractivity contribution in [3.8, 4) is 11.1 Å². The van der Waals surface area contributed by atoms with Crippen molar-refractivity contribution in [2.24, 2.45) is 0 Å². The topological polar surface area (TPSA) is 79.3 Å². The Balaban J connectivity index is 2.03. The molecule has 5 nitrogen and oxygen atoms in total. The molecule has 8 heteroatoms. The zero-order chi connectivity index (χ0) is 22.9. The number of ketones is 1. The number of aromatic nitrogens is 1. The Morgan fingerprint density at radius 2 is 1.62 bits per heavy atom. The van der Waals surface area contributed by atoms with Crippen LogP contribution in [0.15, 0.2) is 79.0 Å². The van der Waals surface area contributed by atoms with Crippen LogP contribution in [0.4, 0.5) is 23.7 Å². The molecule has 0 fully saturated rings. The number of alkyl halides is 3. The van der Waals surface area contributed by atoms with E-state index in [1.165, 1.54) is 24.3 Å². The fourth-order valence-electron chi connectivity index (χ4n) is 3.56. The van der Waals surface area contributed by atoms with Crippen LogP contribution in [0.5, 0.6) is 0 Å². The van der Waals surface area contributed by atoms with E-state index in [2.05, 4.69) is 10.3 Å². The highest BCUT2D eigenvalue weighted by Crippen LogP contribution is 2.39. The SMILES string of the molecule is O=C(O)Nc1cccc(-c2c(C(=O)c3ccccc3)cnc3c(C(F)(F)F)cccc23)c1. The Kier molecular flexibility index (Phi) is 5.36. The molecule has 2 N–H and O–H groups in total. The third-order valence-electron chi connectivity index (χ3n) is 4.89. The fourth-order valence-corrected chi connectivity index (χ4v) is 3.56. The minimum Gasteiger partial charge on any atom is -0.465 e. The van der Waals surface area contributed by atoms with Gasteiger partial charge in [-0.05, 0) is 23.8 Å². The molecule has 3 aromatic carbocycles. The molecule has 0 saturated heterocycles. The number of rotatable bonds is 4. The van der Waals surface area contributed by atoms with E-state index in [1.54, 1.807) is 42.5 Å². The Bertz CT molecular complexity index is 1340. The summed E-state index contributed by atoms with van der Waals surface area (Å²) in [4.78, 5) is 28.3. The molecule has 1 aromatic heterocycles. The van der Waals surface area contributed by atoms with Crippen molar-refractivity contribution in [2.75, 3.05) is 5.32 Å². The molecule has 1 heterocycles. The van der Waals surface area contributed by atoms with Gasteiger partial charge in [0.2, 0.25) is 0 Å². The van der Waals surface area contributed by atoms with E-state index < -0.39 is 23.6 Å². The molecule has 4 aromatic rings. The average Bonchev–Trinajstić information content (AvgIpc) is 2.77. The Morgan fingerprint density at radius 1 is 0.906 bits per heavy atom. The van der Waals surface area contributed by atoms with E-state index in [0.29, 0.717) is 11.1 Å². The number of hydrogen-bond acceptors (Lipinski definition) is 3. The van der Waals surface area contributed by atoms with E-state index in [1.807, 2.05) is 0 Å². The minimum atomic E-state index is -4.64. The van der Waals surface area contributed by atoms with Gasteiger partial charge in [0, 0.05) is 34.0 Å². The van der Waals surface area contributed by atoms with Crippen molar-refractivity contribution in [2.45, 2.75) is 6.18 Å². The first-order valence-corrected chi connectivity index (χ1v) is 9.45. The molecule has 0 radical (unpaired) electrons. The minimum absolute atomic E-state index is 0.107. The second kappa shape index (κ2) is 8.14. The van der Waals surface area contributed by atoms with Crippen molar-refractivity contribution < 1.29 is 27.9 Å². The van der Waals surface area contributed by atoms with Gasteiger partial charge < -0.3 is 5.11 Å². The van der Waals surface area contributed by atoms with Crippen LogP contribution in [-0.4, -0.2) is 22.0 Å². The first-order valence-electron chi connectivity index (χ1n) is 9.45. The number of nitrogens with zero attached hydrogens (tertiary/aromatic N) is 1. The molecule has 0 spiro atoms. The highest BCUT2D eigenvalue weighted by Gasteiger charge is 2.34. The van der Waals surface area contributed by atoms with Crippen LogP contribution in [0, 0.1) is 0 Å². The monoisotopic (exact) mass is 436 g/mol. The largest absolute Gasteiger partial charge is 0.465 e. The van der Waals surface area contributed by atoms with Gasteiger partial charge in [0.05, 0.1) is 11.1 Å². The van der Waals surface area contributed by atoms with Crippen LogP contribution in [0.2, 0.25) is 0 Å². The zero-order valence-corrected chi connectivity index (χ0v) is 16.4. The van der Waals surface area contributed by atoms with Crippen LogP contribution in [0.25, 0.3) is 22.0 Å². The molecule has 1 amide bonds. The number of pyridine rings is 1. The summed E-state index contributed by atoms with van der Waals surface area (Å²) in [6.45, 7) is 0. The van der Waals surface area contributed by atoms with E-state index in [4.69, 9.17) is 5.11 Å². The van der Waals surface area contributed by atoms with Crippen LogP contribution in [0.1, 0.15) is 21.5 Å². The van der Waals surface area contributed by atoms with Gasteiger partial charge in [0.1, 0.15) is 0 Å². The van der Waals surface area contributed by atoms with E-state index >= 15 is 0 Å². The van der Waals surface area contributed by atoms with Crippen LogP contribution >= 0.6 is 0 Å².